The van der Waals surface area contributed by atoms with Crippen molar-refractivity contribution in [1.82, 2.24) is 47.0 Å². The summed E-state index contributed by atoms with van der Waals surface area (Å²) in [7, 11) is 0. The fourth-order valence-electron chi connectivity index (χ4n) is 9.87. The van der Waals surface area contributed by atoms with Gasteiger partial charge in [0.15, 0.2) is 17.9 Å². The summed E-state index contributed by atoms with van der Waals surface area (Å²) < 4.78 is 0. The zero-order chi connectivity index (χ0) is 64.2. The molecule has 2 aliphatic rings. The van der Waals surface area contributed by atoms with E-state index in [0.29, 0.717) is 24.0 Å². The molecule has 478 valence electrons. The van der Waals surface area contributed by atoms with Crippen molar-refractivity contribution in [2.45, 2.75) is 145 Å². The van der Waals surface area contributed by atoms with Gasteiger partial charge in [-0.15, -0.1) is 0 Å². The average Bonchev–Trinajstić information content (AvgIpc) is 1.84. The SMILES string of the molecule is CC(C)C[C@H](NC(=O)[C@@H](Cc1ccccc1)NC(=O)CNC(=O)[C@H](Cc1ccccc1)NC(=O)CNC(=O)[C@@H]1C[C@@H](O)CN1C(=O)[C@@H]1CCCN1C(=O)[C@H](CCCN=C(N)N)NC(=O)[C@H](N)CCCN=C(N)N)C(=O)N[C@@H](CCCN=C(N)N)C(=O)O. The van der Waals surface area contributed by atoms with Crippen molar-refractivity contribution >= 4 is 77.0 Å². The molecule has 87 heavy (non-hydrogen) atoms. The molecule has 0 saturated carbocycles. The third-order valence-electron chi connectivity index (χ3n) is 14.2. The van der Waals surface area contributed by atoms with Crippen LogP contribution in [0.2, 0.25) is 0 Å². The van der Waals surface area contributed by atoms with Crippen molar-refractivity contribution in [3.05, 3.63) is 71.8 Å². The molecule has 2 fully saturated rings. The van der Waals surface area contributed by atoms with Crippen molar-refractivity contribution in [3.63, 3.8) is 0 Å². The Labute approximate surface area is 504 Å². The third-order valence-corrected chi connectivity index (χ3v) is 14.2. The first-order valence-electron chi connectivity index (χ1n) is 28.9. The molecule has 0 radical (unpaired) electrons. The molecule has 2 aromatic carbocycles. The Hall–Kier alpha value is -9.13. The fraction of sp³-hybridized carbons (Fsp3) is 0.554. The van der Waals surface area contributed by atoms with Crippen molar-refractivity contribution in [1.29, 1.82) is 0 Å². The smallest absolute Gasteiger partial charge is 0.326 e. The van der Waals surface area contributed by atoms with Crippen LogP contribution in [0.4, 0.5) is 0 Å². The monoisotopic (exact) mass is 1220 g/mol. The van der Waals surface area contributed by atoms with Gasteiger partial charge in [-0.3, -0.25) is 58.1 Å². The lowest BCUT2D eigenvalue weighted by atomic mass is 10.0. The van der Waals surface area contributed by atoms with E-state index < -0.39 is 127 Å². The van der Waals surface area contributed by atoms with Crippen LogP contribution in [0.25, 0.3) is 0 Å². The number of nitrogens with one attached hydrogen (secondary N) is 7. The summed E-state index contributed by atoms with van der Waals surface area (Å²) in [5.74, 6) is -8.62. The van der Waals surface area contributed by atoms with E-state index in [0.717, 1.165) is 4.90 Å². The Bertz CT molecular complexity index is 2740. The molecule has 0 aliphatic carbocycles. The number of hydrogen-bond acceptors (Lipinski definition) is 15. The zero-order valence-corrected chi connectivity index (χ0v) is 49.2. The summed E-state index contributed by atoms with van der Waals surface area (Å²) in [6.45, 7) is 2.56. The number of aliphatic imine (C=N–C) groups is 3. The Balaban J connectivity index is 1.43. The fourth-order valence-corrected chi connectivity index (χ4v) is 9.87. The first-order valence-corrected chi connectivity index (χ1v) is 28.9. The van der Waals surface area contributed by atoms with Crippen LogP contribution in [0.15, 0.2) is 75.6 Å². The van der Waals surface area contributed by atoms with Gasteiger partial charge in [0.05, 0.1) is 25.2 Å². The molecule has 0 bridgehead atoms. The Morgan fingerprint density at radius 2 is 1.05 bits per heavy atom. The summed E-state index contributed by atoms with van der Waals surface area (Å²) in [6, 6.07) is 7.49. The molecule has 9 atom stereocenters. The van der Waals surface area contributed by atoms with Crippen LogP contribution in [-0.4, -0.2) is 197 Å². The number of benzene rings is 2. The lowest BCUT2D eigenvalue weighted by molar-refractivity contribution is -0.148. The first kappa shape index (κ1) is 70.4. The number of nitrogens with zero attached hydrogens (tertiary/aromatic N) is 5. The number of nitrogens with two attached hydrogens (primary N) is 7. The second kappa shape index (κ2) is 36.0. The van der Waals surface area contributed by atoms with E-state index in [4.69, 9.17) is 40.1 Å². The number of aliphatic hydroxyl groups excluding tert-OH is 1. The van der Waals surface area contributed by atoms with E-state index in [-0.39, 0.29) is 121 Å². The lowest BCUT2D eigenvalue weighted by Gasteiger charge is -2.33. The molecule has 31 nitrogen and oxygen atoms in total. The van der Waals surface area contributed by atoms with E-state index >= 15 is 0 Å². The molecule has 9 amide bonds. The molecule has 4 rings (SSSR count). The highest BCUT2D eigenvalue weighted by Crippen LogP contribution is 2.27. The van der Waals surface area contributed by atoms with Crippen molar-refractivity contribution < 1.29 is 58.2 Å². The van der Waals surface area contributed by atoms with Crippen LogP contribution in [0.1, 0.15) is 89.2 Å². The van der Waals surface area contributed by atoms with Crippen molar-refractivity contribution in [2.75, 3.05) is 45.8 Å². The number of carboxylic acid groups (broad SMARTS) is 1. The summed E-state index contributed by atoms with van der Waals surface area (Å²) >= 11 is 0. The molecule has 0 aromatic heterocycles. The molecule has 0 spiro atoms. The normalized spacial score (nSPS) is 17.4. The van der Waals surface area contributed by atoms with Gasteiger partial charge in [0.25, 0.3) is 0 Å². The third kappa shape index (κ3) is 24.8. The molecular formula is C56H87N19O12. The van der Waals surface area contributed by atoms with Crippen molar-refractivity contribution in [3.8, 4) is 0 Å². The number of hydrogen-bond donors (Lipinski definition) is 16. The van der Waals surface area contributed by atoms with E-state index in [1.807, 2.05) is 0 Å². The highest BCUT2D eigenvalue weighted by molar-refractivity contribution is 5.98. The van der Waals surface area contributed by atoms with Crippen LogP contribution in [0.3, 0.4) is 0 Å². The lowest BCUT2D eigenvalue weighted by Crippen LogP contribution is -2.58. The maximum Gasteiger partial charge on any atom is 0.326 e. The predicted molar refractivity (Wildman–Crippen MR) is 322 cm³/mol. The number of aliphatic carboxylic acids is 1. The van der Waals surface area contributed by atoms with E-state index in [9.17, 15) is 58.2 Å². The predicted octanol–water partition coefficient (Wildman–Crippen LogP) is -5.30. The molecule has 31 heteroatoms. The molecule has 0 unspecified atom stereocenters. The highest BCUT2D eigenvalue weighted by atomic mass is 16.4. The molecule has 2 aliphatic heterocycles. The molecule has 2 aromatic rings. The average molecular weight is 1220 g/mol. The van der Waals surface area contributed by atoms with Gasteiger partial charge >= 0.3 is 5.97 Å². The summed E-state index contributed by atoms with van der Waals surface area (Å²) in [5, 5.41) is 38.7. The van der Waals surface area contributed by atoms with E-state index in [2.05, 4.69) is 52.2 Å². The van der Waals surface area contributed by atoms with Crippen molar-refractivity contribution in [2.24, 2.45) is 61.0 Å². The maximum atomic E-state index is 14.4. The quantitative estimate of drug-likeness (QED) is 0.0174. The number of carboxylic acids is 1. The van der Waals surface area contributed by atoms with Crippen LogP contribution < -0.4 is 77.4 Å². The number of carbonyl (C=O) groups is 10. The zero-order valence-electron chi connectivity index (χ0n) is 49.2. The van der Waals surface area contributed by atoms with Gasteiger partial charge in [-0.25, -0.2) is 4.79 Å². The number of β-amino-alcohol motifs (C(OH)–C–C–N with tert-alkyl or cyclic N) is 1. The van der Waals surface area contributed by atoms with Gasteiger partial charge < -0.3 is 97.4 Å². The number of likely N-dealkylation sites (tertiary alicyclic amines) is 2. The van der Waals surface area contributed by atoms with Crippen LogP contribution in [-0.2, 0) is 60.8 Å². The maximum absolute atomic E-state index is 14.4. The summed E-state index contributed by atoms with van der Waals surface area (Å²) in [6.07, 6.45) is 0.323. The van der Waals surface area contributed by atoms with Crippen LogP contribution in [0.5, 0.6) is 0 Å². The van der Waals surface area contributed by atoms with Gasteiger partial charge in [-0.05, 0) is 74.8 Å². The first-order chi connectivity index (χ1) is 41.3. The topological polar surface area (TPSA) is 521 Å². The van der Waals surface area contributed by atoms with Gasteiger partial charge in [0.2, 0.25) is 53.2 Å². The van der Waals surface area contributed by atoms with Crippen LogP contribution >= 0.6 is 0 Å². The summed E-state index contributed by atoms with van der Waals surface area (Å²) in [5.41, 5.74) is 39.9. The van der Waals surface area contributed by atoms with Gasteiger partial charge in [0.1, 0.15) is 42.3 Å². The number of carbonyl (C=O) groups excluding carboxylic acids is 9. The number of rotatable bonds is 35. The van der Waals surface area contributed by atoms with Crippen LogP contribution in [0, 0.1) is 5.92 Å². The van der Waals surface area contributed by atoms with Gasteiger partial charge in [-0.1, -0.05) is 74.5 Å². The Kier molecular flexibility index (Phi) is 29.1. The minimum atomic E-state index is -1.33. The minimum absolute atomic E-state index is 0.0186. The number of guanidine groups is 3. The van der Waals surface area contributed by atoms with E-state index in [1.54, 1.807) is 74.5 Å². The molecule has 2 saturated heterocycles. The van der Waals surface area contributed by atoms with Gasteiger partial charge in [-0.2, -0.15) is 0 Å². The van der Waals surface area contributed by atoms with Gasteiger partial charge in [0, 0.05) is 52.0 Å². The molecule has 23 N–H and O–H groups in total. The Morgan fingerprint density at radius 3 is 1.56 bits per heavy atom. The van der Waals surface area contributed by atoms with E-state index in [1.165, 1.54) is 4.90 Å². The molecule has 2 heterocycles. The molecular weight excluding hydrogens is 1130 g/mol. The largest absolute Gasteiger partial charge is 0.480 e. The second-order valence-electron chi connectivity index (χ2n) is 21.7. The number of aliphatic hydroxyl groups is 1. The standard InChI is InChI=1S/C56H87N19O12/c1-32(2)25-39(48(81)72-38(53(86)87)19-11-23-66-56(62)63)73-49(82)41(27-34-15-7-4-8-16-34)70-44(77)29-67-47(80)40(26-33-13-5-3-6-14-33)69-45(78)30-68-50(83)43-28-35(76)31-75(43)52(85)42-20-12-24-74(42)51(84)37(18-10-22-65-55(60)61)71-46(79)36(57)17-9-21-64-54(58)59/h3-8,13-16,32,35-43,76H,9-12,17-31,57H2,1-2H3,(H,67,80)(H,68,83)(H,69,78)(H,70,77)(H,71,79)(H,72,81)(H,73,82)(H,86,87)(H4,58,59,64)(H4,60,61,65)(H4,62,63,66)/t35-,36-,37+,38+,39+,40+,41-,42+,43+/m1/s1. The Morgan fingerprint density at radius 1 is 0.575 bits per heavy atom. The highest BCUT2D eigenvalue weighted by Gasteiger charge is 2.46. The second-order valence-corrected chi connectivity index (χ2v) is 21.7. The minimum Gasteiger partial charge on any atom is -0.480 e. The number of amides is 9. The summed E-state index contributed by atoms with van der Waals surface area (Å²) in [4.78, 5) is 151.